The zero-order valence-electron chi connectivity index (χ0n) is 9.55. The molecule has 86 valence electrons. The second-order valence-electron chi connectivity index (χ2n) is 3.53. The van der Waals surface area contributed by atoms with E-state index in [1.165, 1.54) is 0 Å². The molecule has 0 aliphatic carbocycles. The molecule has 17 heavy (non-hydrogen) atoms. The van der Waals surface area contributed by atoms with Gasteiger partial charge in [-0.1, -0.05) is 0 Å². The summed E-state index contributed by atoms with van der Waals surface area (Å²) in [5, 5.41) is 2.76. The van der Waals surface area contributed by atoms with Gasteiger partial charge in [0, 0.05) is 36.3 Å². The molecule has 1 amide bonds. The highest BCUT2D eigenvalue weighted by atomic mass is 16.1. The fourth-order valence-electron chi connectivity index (χ4n) is 1.51. The number of hydrogen-bond acceptors (Lipinski definition) is 3. The van der Waals surface area contributed by atoms with Gasteiger partial charge in [0.2, 0.25) is 0 Å². The Morgan fingerprint density at radius 3 is 2.94 bits per heavy atom. The largest absolute Gasteiger partial charge is 0.352 e. The van der Waals surface area contributed by atoms with Crippen LogP contribution in [0.5, 0.6) is 0 Å². The first-order chi connectivity index (χ1) is 8.31. The van der Waals surface area contributed by atoms with Gasteiger partial charge >= 0.3 is 0 Å². The number of nitrogens with zero attached hydrogens (tertiary/aromatic N) is 2. The van der Waals surface area contributed by atoms with E-state index < -0.39 is 0 Å². The molecule has 0 saturated carbocycles. The third kappa shape index (κ3) is 2.66. The molecule has 0 bridgehead atoms. The minimum absolute atomic E-state index is 0.0833. The number of nitrogens with one attached hydrogen (secondary N) is 1. The van der Waals surface area contributed by atoms with Gasteiger partial charge in [-0.05, 0) is 31.2 Å². The van der Waals surface area contributed by atoms with Crippen LogP contribution >= 0.6 is 0 Å². The van der Waals surface area contributed by atoms with Gasteiger partial charge < -0.3 is 5.32 Å². The van der Waals surface area contributed by atoms with E-state index in [-0.39, 0.29) is 5.91 Å². The Hall–Kier alpha value is -2.23. The summed E-state index contributed by atoms with van der Waals surface area (Å²) in [4.78, 5) is 19.9. The number of aromatic nitrogens is 2. The van der Waals surface area contributed by atoms with Crippen LogP contribution in [-0.4, -0.2) is 22.4 Å². The SMILES string of the molecule is CCNC(=O)c1ccnc(-c2cccnc2)c1. The highest BCUT2D eigenvalue weighted by Gasteiger charge is 2.06. The number of carbonyl (C=O) groups is 1. The van der Waals surface area contributed by atoms with Crippen molar-refractivity contribution in [3.63, 3.8) is 0 Å². The Labute approximate surface area is 99.7 Å². The van der Waals surface area contributed by atoms with E-state index >= 15 is 0 Å². The van der Waals surface area contributed by atoms with Crippen molar-refractivity contribution >= 4 is 5.91 Å². The summed E-state index contributed by atoms with van der Waals surface area (Å²) in [6.07, 6.45) is 5.06. The molecule has 0 unspecified atom stereocenters. The van der Waals surface area contributed by atoms with Crippen LogP contribution in [0.15, 0.2) is 42.9 Å². The summed E-state index contributed by atoms with van der Waals surface area (Å²) >= 11 is 0. The Balaban J connectivity index is 2.32. The van der Waals surface area contributed by atoms with E-state index in [0.29, 0.717) is 12.1 Å². The average Bonchev–Trinajstić information content (AvgIpc) is 2.40. The number of hydrogen-bond donors (Lipinski definition) is 1. The van der Waals surface area contributed by atoms with Gasteiger partial charge in [0.1, 0.15) is 0 Å². The Bertz CT molecular complexity index is 511. The fourth-order valence-corrected chi connectivity index (χ4v) is 1.51. The first-order valence-corrected chi connectivity index (χ1v) is 5.46. The van der Waals surface area contributed by atoms with Crippen LogP contribution < -0.4 is 5.32 Å². The average molecular weight is 227 g/mol. The first kappa shape index (κ1) is 11.3. The highest BCUT2D eigenvalue weighted by Crippen LogP contribution is 2.16. The summed E-state index contributed by atoms with van der Waals surface area (Å²) < 4.78 is 0. The van der Waals surface area contributed by atoms with Gasteiger partial charge in [-0.3, -0.25) is 14.8 Å². The minimum atomic E-state index is -0.0833. The molecule has 0 saturated heterocycles. The van der Waals surface area contributed by atoms with Crippen LogP contribution in [0.1, 0.15) is 17.3 Å². The zero-order valence-corrected chi connectivity index (χ0v) is 9.55. The molecular formula is C13H13N3O. The molecule has 2 heterocycles. The van der Waals surface area contributed by atoms with Crippen molar-refractivity contribution in [2.45, 2.75) is 6.92 Å². The maximum atomic E-state index is 11.7. The summed E-state index contributed by atoms with van der Waals surface area (Å²) in [6.45, 7) is 2.50. The van der Waals surface area contributed by atoms with Crippen LogP contribution in [-0.2, 0) is 0 Å². The topological polar surface area (TPSA) is 54.9 Å². The van der Waals surface area contributed by atoms with Crippen molar-refractivity contribution in [2.75, 3.05) is 6.54 Å². The van der Waals surface area contributed by atoms with Crippen molar-refractivity contribution in [3.8, 4) is 11.3 Å². The molecule has 0 fully saturated rings. The standard InChI is InChI=1S/C13H13N3O/c1-2-15-13(17)10-5-7-16-12(8-10)11-4-3-6-14-9-11/h3-9H,2H2,1H3,(H,15,17). The third-order valence-corrected chi connectivity index (χ3v) is 2.32. The first-order valence-electron chi connectivity index (χ1n) is 5.46. The van der Waals surface area contributed by atoms with Crippen molar-refractivity contribution in [1.29, 1.82) is 0 Å². The number of pyridine rings is 2. The Morgan fingerprint density at radius 1 is 1.35 bits per heavy atom. The van der Waals surface area contributed by atoms with E-state index in [1.807, 2.05) is 19.1 Å². The van der Waals surface area contributed by atoms with Crippen molar-refractivity contribution in [2.24, 2.45) is 0 Å². The zero-order chi connectivity index (χ0) is 12.1. The fraction of sp³-hybridized carbons (Fsp3) is 0.154. The molecule has 4 heteroatoms. The predicted molar refractivity (Wildman–Crippen MR) is 65.5 cm³/mol. The minimum Gasteiger partial charge on any atom is -0.352 e. The Morgan fingerprint density at radius 2 is 2.24 bits per heavy atom. The monoisotopic (exact) mass is 227 g/mol. The van der Waals surface area contributed by atoms with Gasteiger partial charge in [0.25, 0.3) is 5.91 Å². The number of amides is 1. The molecule has 0 spiro atoms. The van der Waals surface area contributed by atoms with Crippen molar-refractivity contribution in [3.05, 3.63) is 48.4 Å². The van der Waals surface area contributed by atoms with Crippen LogP contribution in [0.4, 0.5) is 0 Å². The van der Waals surface area contributed by atoms with Crippen LogP contribution in [0.25, 0.3) is 11.3 Å². The third-order valence-electron chi connectivity index (χ3n) is 2.32. The van der Waals surface area contributed by atoms with E-state index in [0.717, 1.165) is 11.3 Å². The summed E-state index contributed by atoms with van der Waals surface area (Å²) in [5.74, 6) is -0.0833. The van der Waals surface area contributed by atoms with Gasteiger partial charge in [0.05, 0.1) is 5.69 Å². The lowest BCUT2D eigenvalue weighted by Crippen LogP contribution is -2.22. The molecule has 0 aromatic carbocycles. The molecule has 4 nitrogen and oxygen atoms in total. The van der Waals surface area contributed by atoms with Gasteiger partial charge in [-0.15, -0.1) is 0 Å². The Kier molecular flexibility index (Phi) is 3.45. The lowest BCUT2D eigenvalue weighted by atomic mass is 10.1. The van der Waals surface area contributed by atoms with Gasteiger partial charge in [-0.2, -0.15) is 0 Å². The maximum Gasteiger partial charge on any atom is 0.251 e. The number of carbonyl (C=O) groups excluding carboxylic acids is 1. The van der Waals surface area contributed by atoms with Gasteiger partial charge in [-0.25, -0.2) is 0 Å². The molecule has 2 rings (SSSR count). The van der Waals surface area contributed by atoms with E-state index in [1.54, 1.807) is 30.7 Å². The molecule has 2 aromatic rings. The lowest BCUT2D eigenvalue weighted by Gasteiger charge is -2.04. The van der Waals surface area contributed by atoms with E-state index in [9.17, 15) is 4.79 Å². The molecule has 0 aliphatic heterocycles. The quantitative estimate of drug-likeness (QED) is 0.871. The lowest BCUT2D eigenvalue weighted by molar-refractivity contribution is 0.0956. The van der Waals surface area contributed by atoms with Crippen LogP contribution in [0, 0.1) is 0 Å². The van der Waals surface area contributed by atoms with Crippen molar-refractivity contribution in [1.82, 2.24) is 15.3 Å². The summed E-state index contributed by atoms with van der Waals surface area (Å²) in [7, 11) is 0. The molecule has 2 aromatic heterocycles. The molecule has 0 radical (unpaired) electrons. The molecule has 0 aliphatic rings. The molecule has 1 N–H and O–H groups in total. The summed E-state index contributed by atoms with van der Waals surface area (Å²) in [6, 6.07) is 7.22. The van der Waals surface area contributed by atoms with E-state index in [4.69, 9.17) is 0 Å². The van der Waals surface area contributed by atoms with Crippen LogP contribution in [0.2, 0.25) is 0 Å². The van der Waals surface area contributed by atoms with Gasteiger partial charge in [0.15, 0.2) is 0 Å². The van der Waals surface area contributed by atoms with Crippen molar-refractivity contribution < 1.29 is 4.79 Å². The normalized spacial score (nSPS) is 9.94. The van der Waals surface area contributed by atoms with E-state index in [2.05, 4.69) is 15.3 Å². The number of rotatable bonds is 3. The highest BCUT2D eigenvalue weighted by molar-refractivity contribution is 5.94. The second-order valence-corrected chi connectivity index (χ2v) is 3.53. The second kappa shape index (κ2) is 5.21. The molecule has 0 atom stereocenters. The predicted octanol–water partition coefficient (Wildman–Crippen LogP) is 1.89. The summed E-state index contributed by atoms with van der Waals surface area (Å²) in [5.41, 5.74) is 2.27. The molecular weight excluding hydrogens is 214 g/mol. The van der Waals surface area contributed by atoms with Crippen LogP contribution in [0.3, 0.4) is 0 Å². The smallest absolute Gasteiger partial charge is 0.251 e. The maximum absolute atomic E-state index is 11.7.